The number of nitrogens with zero attached hydrogens (tertiary/aromatic N) is 2. The van der Waals surface area contributed by atoms with Crippen molar-refractivity contribution in [2.24, 2.45) is 10.9 Å². The average Bonchev–Trinajstić information content (AvgIpc) is 2.43. The van der Waals surface area contributed by atoms with E-state index in [0.29, 0.717) is 13.0 Å². The number of rotatable bonds is 8. The van der Waals surface area contributed by atoms with Crippen LogP contribution >= 0.6 is 0 Å². The summed E-state index contributed by atoms with van der Waals surface area (Å²) >= 11 is 0. The minimum Gasteiger partial charge on any atom is -0.409 e. The summed E-state index contributed by atoms with van der Waals surface area (Å²) in [5, 5.41) is 11.6. The predicted octanol–water partition coefficient (Wildman–Crippen LogP) is 1.58. The zero-order valence-corrected chi connectivity index (χ0v) is 11.7. The van der Waals surface area contributed by atoms with E-state index in [-0.39, 0.29) is 5.84 Å². The highest BCUT2D eigenvalue weighted by atomic mass is 16.5. The quantitative estimate of drug-likeness (QED) is 0.324. The van der Waals surface area contributed by atoms with Gasteiger partial charge in [0.1, 0.15) is 5.84 Å². The lowest BCUT2D eigenvalue weighted by Crippen LogP contribution is -2.31. The van der Waals surface area contributed by atoms with Gasteiger partial charge >= 0.3 is 0 Å². The molecule has 0 saturated carbocycles. The molecule has 0 spiro atoms. The molecule has 106 valence electrons. The van der Waals surface area contributed by atoms with Crippen LogP contribution in [0.5, 0.6) is 0 Å². The molecule has 0 aliphatic carbocycles. The van der Waals surface area contributed by atoms with Crippen LogP contribution in [-0.2, 0) is 11.3 Å². The lowest BCUT2D eigenvalue weighted by Gasteiger charge is -2.22. The fraction of sp³-hybridized carbons (Fsp3) is 0.500. The number of ether oxygens (including phenoxy) is 1. The van der Waals surface area contributed by atoms with Crippen LogP contribution in [0.25, 0.3) is 0 Å². The number of methoxy groups -OCH3 is 1. The molecule has 0 aliphatic rings. The van der Waals surface area contributed by atoms with E-state index in [9.17, 15) is 0 Å². The molecule has 0 heterocycles. The van der Waals surface area contributed by atoms with Crippen molar-refractivity contribution >= 4 is 5.84 Å². The number of aryl methyl sites for hydroxylation is 1. The Labute approximate surface area is 114 Å². The van der Waals surface area contributed by atoms with Gasteiger partial charge in [-0.2, -0.15) is 0 Å². The van der Waals surface area contributed by atoms with E-state index in [1.54, 1.807) is 7.11 Å². The Bertz CT molecular complexity index is 407. The monoisotopic (exact) mass is 265 g/mol. The fourth-order valence-corrected chi connectivity index (χ4v) is 1.84. The summed E-state index contributed by atoms with van der Waals surface area (Å²) in [6.45, 7) is 5.18. The van der Waals surface area contributed by atoms with Crippen molar-refractivity contribution in [3.8, 4) is 0 Å². The van der Waals surface area contributed by atoms with Crippen molar-refractivity contribution < 1.29 is 9.94 Å². The lowest BCUT2D eigenvalue weighted by molar-refractivity contribution is 0.145. The second-order valence-electron chi connectivity index (χ2n) is 4.54. The van der Waals surface area contributed by atoms with Gasteiger partial charge in [0.25, 0.3) is 0 Å². The average molecular weight is 265 g/mol. The van der Waals surface area contributed by atoms with Gasteiger partial charge in [-0.25, -0.2) is 0 Å². The van der Waals surface area contributed by atoms with Gasteiger partial charge in [0.15, 0.2) is 0 Å². The largest absolute Gasteiger partial charge is 0.409 e. The topological polar surface area (TPSA) is 71.1 Å². The van der Waals surface area contributed by atoms with E-state index in [4.69, 9.17) is 15.7 Å². The van der Waals surface area contributed by atoms with E-state index in [0.717, 1.165) is 19.6 Å². The standard InChI is InChI=1S/C14H23N3O2/c1-12-5-3-4-6-13(12)11-17(9-10-19-2)8-7-14(15)16-18/h3-6,18H,7-11H2,1-2H3,(H2,15,16). The zero-order valence-electron chi connectivity index (χ0n) is 11.7. The molecule has 0 amide bonds. The lowest BCUT2D eigenvalue weighted by atomic mass is 10.1. The first-order valence-electron chi connectivity index (χ1n) is 6.39. The molecule has 0 bridgehead atoms. The summed E-state index contributed by atoms with van der Waals surface area (Å²) in [4.78, 5) is 2.24. The van der Waals surface area contributed by atoms with Crippen LogP contribution in [0.2, 0.25) is 0 Å². The van der Waals surface area contributed by atoms with E-state index < -0.39 is 0 Å². The van der Waals surface area contributed by atoms with E-state index in [2.05, 4.69) is 29.1 Å². The van der Waals surface area contributed by atoms with Gasteiger partial charge in [-0.05, 0) is 18.1 Å². The third-order valence-electron chi connectivity index (χ3n) is 3.08. The number of nitrogens with two attached hydrogens (primary N) is 1. The van der Waals surface area contributed by atoms with Crippen molar-refractivity contribution in [2.75, 3.05) is 26.8 Å². The normalized spacial score (nSPS) is 12.1. The van der Waals surface area contributed by atoms with E-state index >= 15 is 0 Å². The Balaban J connectivity index is 2.61. The van der Waals surface area contributed by atoms with Gasteiger partial charge in [-0.1, -0.05) is 29.4 Å². The molecule has 19 heavy (non-hydrogen) atoms. The smallest absolute Gasteiger partial charge is 0.140 e. The Morgan fingerprint density at radius 1 is 1.37 bits per heavy atom. The van der Waals surface area contributed by atoms with Gasteiger partial charge < -0.3 is 15.7 Å². The summed E-state index contributed by atoms with van der Waals surface area (Å²) in [6.07, 6.45) is 0.548. The summed E-state index contributed by atoms with van der Waals surface area (Å²) in [6, 6.07) is 8.31. The van der Waals surface area contributed by atoms with Gasteiger partial charge in [0.2, 0.25) is 0 Å². The molecular weight excluding hydrogens is 242 g/mol. The summed E-state index contributed by atoms with van der Waals surface area (Å²) in [7, 11) is 1.69. The molecule has 1 aromatic carbocycles. The number of oxime groups is 1. The minimum absolute atomic E-state index is 0.257. The summed E-state index contributed by atoms with van der Waals surface area (Å²) in [5.41, 5.74) is 8.08. The molecule has 0 aliphatic heterocycles. The van der Waals surface area contributed by atoms with E-state index in [1.807, 2.05) is 12.1 Å². The van der Waals surface area contributed by atoms with Crippen molar-refractivity contribution in [1.29, 1.82) is 0 Å². The van der Waals surface area contributed by atoms with Crippen LogP contribution in [0.1, 0.15) is 17.5 Å². The van der Waals surface area contributed by atoms with Crippen LogP contribution < -0.4 is 5.73 Å². The van der Waals surface area contributed by atoms with Crippen molar-refractivity contribution in [3.63, 3.8) is 0 Å². The maximum atomic E-state index is 8.58. The third-order valence-corrected chi connectivity index (χ3v) is 3.08. The van der Waals surface area contributed by atoms with Crippen LogP contribution in [0.15, 0.2) is 29.4 Å². The first-order valence-corrected chi connectivity index (χ1v) is 6.39. The van der Waals surface area contributed by atoms with Crippen molar-refractivity contribution in [2.45, 2.75) is 19.9 Å². The third kappa shape index (κ3) is 5.72. The molecule has 0 unspecified atom stereocenters. The van der Waals surface area contributed by atoms with Crippen LogP contribution in [0, 0.1) is 6.92 Å². The van der Waals surface area contributed by atoms with Crippen LogP contribution in [-0.4, -0.2) is 42.7 Å². The second-order valence-corrected chi connectivity index (χ2v) is 4.54. The van der Waals surface area contributed by atoms with Gasteiger partial charge in [0, 0.05) is 33.2 Å². The number of benzene rings is 1. The zero-order chi connectivity index (χ0) is 14.1. The summed E-state index contributed by atoms with van der Waals surface area (Å²) in [5.74, 6) is 0.257. The highest BCUT2D eigenvalue weighted by molar-refractivity contribution is 5.79. The molecule has 0 aromatic heterocycles. The Morgan fingerprint density at radius 3 is 2.74 bits per heavy atom. The Morgan fingerprint density at radius 2 is 2.11 bits per heavy atom. The minimum atomic E-state index is 0.257. The van der Waals surface area contributed by atoms with Gasteiger partial charge in [0.05, 0.1) is 6.61 Å². The van der Waals surface area contributed by atoms with E-state index in [1.165, 1.54) is 11.1 Å². The predicted molar refractivity (Wildman–Crippen MR) is 76.4 cm³/mol. The molecule has 3 N–H and O–H groups in total. The van der Waals surface area contributed by atoms with Gasteiger partial charge in [-0.15, -0.1) is 0 Å². The van der Waals surface area contributed by atoms with Crippen molar-refractivity contribution in [1.82, 2.24) is 4.90 Å². The maximum Gasteiger partial charge on any atom is 0.140 e. The molecule has 0 fully saturated rings. The Hall–Kier alpha value is -1.59. The van der Waals surface area contributed by atoms with Crippen molar-refractivity contribution in [3.05, 3.63) is 35.4 Å². The second kappa shape index (κ2) is 8.50. The highest BCUT2D eigenvalue weighted by Crippen LogP contribution is 2.10. The number of amidine groups is 1. The fourth-order valence-electron chi connectivity index (χ4n) is 1.84. The maximum absolute atomic E-state index is 8.58. The number of hydrogen-bond donors (Lipinski definition) is 2. The molecule has 1 aromatic rings. The number of hydrogen-bond acceptors (Lipinski definition) is 4. The van der Waals surface area contributed by atoms with Crippen LogP contribution in [0.3, 0.4) is 0 Å². The SMILES string of the molecule is COCCN(CCC(N)=NO)Cc1ccccc1C. The van der Waals surface area contributed by atoms with Gasteiger partial charge in [-0.3, -0.25) is 4.90 Å². The molecular formula is C14H23N3O2. The molecule has 5 nitrogen and oxygen atoms in total. The highest BCUT2D eigenvalue weighted by Gasteiger charge is 2.08. The molecule has 1 rings (SSSR count). The Kier molecular flexibility index (Phi) is 6.92. The summed E-state index contributed by atoms with van der Waals surface area (Å²) < 4.78 is 5.12. The first kappa shape index (κ1) is 15.5. The molecule has 0 saturated heterocycles. The molecule has 0 atom stereocenters. The molecule has 5 heteroatoms. The van der Waals surface area contributed by atoms with Crippen LogP contribution in [0.4, 0.5) is 0 Å². The molecule has 0 radical (unpaired) electrons. The first-order chi connectivity index (χ1) is 9.17.